The molecule has 0 aliphatic heterocycles. The van der Waals surface area contributed by atoms with E-state index in [0.29, 0.717) is 17.5 Å². The van der Waals surface area contributed by atoms with Crippen molar-refractivity contribution in [3.63, 3.8) is 0 Å². The average molecular weight is 289 g/mol. The van der Waals surface area contributed by atoms with Crippen LogP contribution >= 0.6 is 0 Å². The summed E-state index contributed by atoms with van der Waals surface area (Å²) >= 11 is 0. The summed E-state index contributed by atoms with van der Waals surface area (Å²) < 4.78 is 0. The van der Waals surface area contributed by atoms with Crippen LogP contribution in [0.1, 0.15) is 62.0 Å². The summed E-state index contributed by atoms with van der Waals surface area (Å²) in [5.74, 6) is 1.36. The molecule has 1 saturated carbocycles. The van der Waals surface area contributed by atoms with E-state index in [-0.39, 0.29) is 5.91 Å². The number of hydrogen-bond acceptors (Lipinski definition) is 3. The first kappa shape index (κ1) is 15.8. The van der Waals surface area contributed by atoms with Crippen LogP contribution in [0.3, 0.4) is 0 Å². The van der Waals surface area contributed by atoms with Gasteiger partial charge >= 0.3 is 0 Å². The van der Waals surface area contributed by atoms with Crippen LogP contribution in [0.5, 0.6) is 0 Å². The van der Waals surface area contributed by atoms with E-state index in [0.717, 1.165) is 24.5 Å². The third kappa shape index (κ3) is 4.45. The van der Waals surface area contributed by atoms with Crippen molar-refractivity contribution in [1.29, 1.82) is 0 Å². The number of amides is 1. The molecule has 1 aromatic heterocycles. The van der Waals surface area contributed by atoms with Gasteiger partial charge in [-0.3, -0.25) is 4.79 Å². The van der Waals surface area contributed by atoms with Crippen molar-refractivity contribution in [2.24, 2.45) is 5.92 Å². The first-order valence-electron chi connectivity index (χ1n) is 8.13. The minimum absolute atomic E-state index is 0.0263. The van der Waals surface area contributed by atoms with Crippen molar-refractivity contribution in [2.45, 2.75) is 58.9 Å². The van der Waals surface area contributed by atoms with Crippen LogP contribution in [-0.4, -0.2) is 23.5 Å². The highest BCUT2D eigenvalue weighted by molar-refractivity contribution is 5.95. The predicted octanol–water partition coefficient (Wildman–Crippen LogP) is 3.52. The van der Waals surface area contributed by atoms with Gasteiger partial charge in [-0.05, 0) is 44.7 Å². The van der Waals surface area contributed by atoms with Crippen molar-refractivity contribution < 1.29 is 4.79 Å². The molecule has 0 radical (unpaired) electrons. The van der Waals surface area contributed by atoms with Gasteiger partial charge in [0.25, 0.3) is 5.91 Å². The van der Waals surface area contributed by atoms with Crippen LogP contribution in [0.15, 0.2) is 12.1 Å². The number of carbonyl (C=O) groups excluding carboxylic acids is 1. The normalized spacial score (nSPS) is 22.4. The number of nitrogens with one attached hydrogen (secondary N) is 2. The molecular weight excluding hydrogens is 262 g/mol. The van der Waals surface area contributed by atoms with Gasteiger partial charge in [0, 0.05) is 23.8 Å². The van der Waals surface area contributed by atoms with Gasteiger partial charge < -0.3 is 10.6 Å². The van der Waals surface area contributed by atoms with E-state index < -0.39 is 0 Å². The first-order valence-corrected chi connectivity index (χ1v) is 8.13. The lowest BCUT2D eigenvalue weighted by molar-refractivity contribution is 0.0921. The standard InChI is InChI=1S/C17H27N3O/c1-4-18-16-11-14(10-13(3)19-16)17(21)20-15-9-7-5-6-8-12(15)2/h10-12,15H,4-9H2,1-3H3,(H,18,19)(H,20,21). The molecule has 1 aromatic rings. The van der Waals surface area contributed by atoms with Crippen molar-refractivity contribution in [1.82, 2.24) is 10.3 Å². The summed E-state index contributed by atoms with van der Waals surface area (Å²) in [7, 11) is 0. The Balaban J connectivity index is 2.08. The molecule has 1 amide bonds. The molecule has 1 heterocycles. The number of nitrogens with zero attached hydrogens (tertiary/aromatic N) is 1. The lowest BCUT2D eigenvalue weighted by Crippen LogP contribution is -2.38. The highest BCUT2D eigenvalue weighted by Crippen LogP contribution is 2.23. The van der Waals surface area contributed by atoms with Gasteiger partial charge in [0.15, 0.2) is 0 Å². The lowest BCUT2D eigenvalue weighted by Gasteiger charge is -2.23. The molecule has 4 nitrogen and oxygen atoms in total. The highest BCUT2D eigenvalue weighted by atomic mass is 16.1. The molecule has 2 unspecified atom stereocenters. The van der Waals surface area contributed by atoms with Crippen molar-refractivity contribution in [3.05, 3.63) is 23.4 Å². The second kappa shape index (κ2) is 7.43. The maximum absolute atomic E-state index is 12.5. The van der Waals surface area contributed by atoms with Gasteiger partial charge in [0.1, 0.15) is 5.82 Å². The zero-order chi connectivity index (χ0) is 15.2. The molecule has 2 atom stereocenters. The molecule has 2 N–H and O–H groups in total. The van der Waals surface area contributed by atoms with Gasteiger partial charge in [0.2, 0.25) is 0 Å². The fourth-order valence-electron chi connectivity index (χ4n) is 3.03. The summed E-state index contributed by atoms with van der Waals surface area (Å²) in [6.07, 6.45) is 6.09. The molecule has 21 heavy (non-hydrogen) atoms. The zero-order valence-electron chi connectivity index (χ0n) is 13.4. The fraction of sp³-hybridized carbons (Fsp3) is 0.647. The fourth-order valence-corrected chi connectivity index (χ4v) is 3.03. The van der Waals surface area contributed by atoms with E-state index >= 15 is 0 Å². The molecule has 1 aliphatic carbocycles. The van der Waals surface area contributed by atoms with Crippen molar-refractivity contribution in [2.75, 3.05) is 11.9 Å². The number of pyridine rings is 1. The number of carbonyl (C=O) groups is 1. The second-order valence-electron chi connectivity index (χ2n) is 6.11. The summed E-state index contributed by atoms with van der Waals surface area (Å²) in [4.78, 5) is 16.9. The van der Waals surface area contributed by atoms with Gasteiger partial charge in [-0.15, -0.1) is 0 Å². The molecule has 1 aliphatic rings. The van der Waals surface area contributed by atoms with Crippen LogP contribution in [0.4, 0.5) is 5.82 Å². The summed E-state index contributed by atoms with van der Waals surface area (Å²) in [5.41, 5.74) is 1.57. The Labute approximate surface area is 127 Å². The van der Waals surface area contributed by atoms with Crippen LogP contribution in [0.25, 0.3) is 0 Å². The number of hydrogen-bond donors (Lipinski definition) is 2. The summed E-state index contributed by atoms with van der Waals surface area (Å²) in [6, 6.07) is 4.00. The molecule has 1 fully saturated rings. The Hall–Kier alpha value is -1.58. The first-order chi connectivity index (χ1) is 10.1. The highest BCUT2D eigenvalue weighted by Gasteiger charge is 2.22. The maximum atomic E-state index is 12.5. The number of aryl methyl sites for hydroxylation is 1. The Kier molecular flexibility index (Phi) is 5.59. The topological polar surface area (TPSA) is 54.0 Å². The van der Waals surface area contributed by atoms with E-state index in [9.17, 15) is 4.79 Å². The van der Waals surface area contributed by atoms with Gasteiger partial charge in [0.05, 0.1) is 0 Å². The van der Waals surface area contributed by atoms with E-state index in [1.165, 1.54) is 25.7 Å². The molecule has 0 aromatic carbocycles. The molecule has 4 heteroatoms. The molecule has 116 valence electrons. The molecule has 0 bridgehead atoms. The minimum atomic E-state index is 0.0263. The van der Waals surface area contributed by atoms with Crippen LogP contribution < -0.4 is 10.6 Å². The summed E-state index contributed by atoms with van der Waals surface area (Å²) in [6.45, 7) is 7.00. The third-order valence-electron chi connectivity index (χ3n) is 4.25. The minimum Gasteiger partial charge on any atom is -0.370 e. The van der Waals surface area contributed by atoms with E-state index in [2.05, 4.69) is 22.5 Å². The monoisotopic (exact) mass is 289 g/mol. The van der Waals surface area contributed by atoms with Gasteiger partial charge in [-0.2, -0.15) is 0 Å². The van der Waals surface area contributed by atoms with Crippen LogP contribution in [-0.2, 0) is 0 Å². The van der Waals surface area contributed by atoms with Gasteiger partial charge in [-0.1, -0.05) is 26.2 Å². The molecule has 0 saturated heterocycles. The Morgan fingerprint density at radius 2 is 2.05 bits per heavy atom. The molecular formula is C17H27N3O. The van der Waals surface area contributed by atoms with Crippen LogP contribution in [0.2, 0.25) is 0 Å². The number of aromatic nitrogens is 1. The zero-order valence-corrected chi connectivity index (χ0v) is 13.4. The maximum Gasteiger partial charge on any atom is 0.251 e. The quantitative estimate of drug-likeness (QED) is 0.834. The molecule has 0 spiro atoms. The number of anilines is 1. The van der Waals surface area contributed by atoms with E-state index in [1.54, 1.807) is 0 Å². The SMILES string of the molecule is CCNc1cc(C(=O)NC2CCCCCC2C)cc(C)n1. The van der Waals surface area contributed by atoms with E-state index in [4.69, 9.17) is 0 Å². The van der Waals surface area contributed by atoms with Crippen LogP contribution in [0, 0.1) is 12.8 Å². The average Bonchev–Trinajstić information content (AvgIpc) is 2.64. The second-order valence-corrected chi connectivity index (χ2v) is 6.11. The van der Waals surface area contributed by atoms with Crippen molar-refractivity contribution in [3.8, 4) is 0 Å². The largest absolute Gasteiger partial charge is 0.370 e. The third-order valence-corrected chi connectivity index (χ3v) is 4.25. The predicted molar refractivity (Wildman–Crippen MR) is 86.6 cm³/mol. The Bertz CT molecular complexity index is 487. The smallest absolute Gasteiger partial charge is 0.251 e. The van der Waals surface area contributed by atoms with E-state index in [1.807, 2.05) is 26.0 Å². The van der Waals surface area contributed by atoms with Crippen molar-refractivity contribution >= 4 is 11.7 Å². The Morgan fingerprint density at radius 3 is 2.81 bits per heavy atom. The number of rotatable bonds is 4. The lowest BCUT2D eigenvalue weighted by atomic mass is 9.96. The summed E-state index contributed by atoms with van der Waals surface area (Å²) in [5, 5.41) is 6.40. The Morgan fingerprint density at radius 1 is 1.29 bits per heavy atom. The van der Waals surface area contributed by atoms with Gasteiger partial charge in [-0.25, -0.2) is 4.98 Å². The molecule has 2 rings (SSSR count).